The quantitative estimate of drug-likeness (QED) is 0.713. The average molecular weight is 343 g/mol. The van der Waals surface area contributed by atoms with Gasteiger partial charge in [-0.05, 0) is 35.7 Å². The molecule has 0 bridgehead atoms. The topological polar surface area (TPSA) is 11.4 Å². The summed E-state index contributed by atoms with van der Waals surface area (Å²) in [6, 6.07) is 24.7. The highest BCUT2D eigenvalue weighted by Gasteiger charge is 2.33. The van der Waals surface area contributed by atoms with Gasteiger partial charge >= 0.3 is 0 Å². The highest BCUT2D eigenvalue weighted by molar-refractivity contribution is 5.57. The number of rotatable bonds is 3. The van der Waals surface area contributed by atoms with E-state index in [9.17, 15) is 0 Å². The molecule has 2 aliphatic heterocycles. The molecule has 3 nitrogen and oxygen atoms in total. The second-order valence-electron chi connectivity index (χ2n) is 7.44. The monoisotopic (exact) mass is 343 g/mol. The molecule has 0 aliphatic carbocycles. The highest BCUT2D eigenvalue weighted by atomic mass is 15.3. The first kappa shape index (κ1) is 15.7. The SMILES string of the molecule is c1ccc(CCN2CCN3c4ccccc4Cn4cccc4C3C2)cc1. The van der Waals surface area contributed by atoms with Crippen molar-refractivity contribution >= 4 is 5.69 Å². The summed E-state index contributed by atoms with van der Waals surface area (Å²) in [5, 5.41) is 0. The maximum Gasteiger partial charge on any atom is 0.0821 e. The van der Waals surface area contributed by atoms with E-state index in [1.807, 2.05) is 0 Å². The molecule has 1 atom stereocenters. The van der Waals surface area contributed by atoms with E-state index in [0.717, 1.165) is 39.1 Å². The van der Waals surface area contributed by atoms with Crippen molar-refractivity contribution in [1.29, 1.82) is 0 Å². The van der Waals surface area contributed by atoms with Crippen LogP contribution >= 0.6 is 0 Å². The Morgan fingerprint density at radius 1 is 0.846 bits per heavy atom. The van der Waals surface area contributed by atoms with Gasteiger partial charge in [-0.1, -0.05) is 48.5 Å². The van der Waals surface area contributed by atoms with Gasteiger partial charge in [-0.15, -0.1) is 0 Å². The van der Waals surface area contributed by atoms with Gasteiger partial charge in [0, 0.05) is 50.3 Å². The zero-order valence-electron chi connectivity index (χ0n) is 15.1. The van der Waals surface area contributed by atoms with Crippen LogP contribution in [0.5, 0.6) is 0 Å². The molecular formula is C23H25N3. The summed E-state index contributed by atoms with van der Waals surface area (Å²) in [6.07, 6.45) is 3.36. The molecule has 1 aromatic heterocycles. The number of anilines is 1. The van der Waals surface area contributed by atoms with E-state index in [4.69, 9.17) is 0 Å². The predicted octanol–water partition coefficient (Wildman–Crippen LogP) is 3.96. The highest BCUT2D eigenvalue weighted by Crippen LogP contribution is 2.36. The van der Waals surface area contributed by atoms with E-state index in [1.165, 1.54) is 22.5 Å². The molecule has 0 N–H and O–H groups in total. The van der Waals surface area contributed by atoms with Crippen LogP contribution in [0.3, 0.4) is 0 Å². The third-order valence-electron chi connectivity index (χ3n) is 5.87. The van der Waals surface area contributed by atoms with Gasteiger partial charge in [0.25, 0.3) is 0 Å². The molecular weight excluding hydrogens is 318 g/mol. The van der Waals surface area contributed by atoms with E-state index < -0.39 is 0 Å². The number of aromatic nitrogens is 1. The minimum Gasteiger partial charge on any atom is -0.360 e. The van der Waals surface area contributed by atoms with Gasteiger partial charge in [-0.2, -0.15) is 0 Å². The van der Waals surface area contributed by atoms with Gasteiger partial charge in [0.2, 0.25) is 0 Å². The van der Waals surface area contributed by atoms with Crippen molar-refractivity contribution in [3.8, 4) is 0 Å². The van der Waals surface area contributed by atoms with Gasteiger partial charge < -0.3 is 9.47 Å². The number of nitrogens with zero attached hydrogens (tertiary/aromatic N) is 3. The van der Waals surface area contributed by atoms with Gasteiger partial charge in [0.05, 0.1) is 6.04 Å². The summed E-state index contributed by atoms with van der Waals surface area (Å²) >= 11 is 0. The molecule has 5 rings (SSSR count). The molecule has 0 spiro atoms. The van der Waals surface area contributed by atoms with Crippen LogP contribution in [0.15, 0.2) is 72.9 Å². The fourth-order valence-electron chi connectivity index (χ4n) is 4.50. The molecule has 3 heteroatoms. The minimum atomic E-state index is 0.443. The molecule has 0 amide bonds. The van der Waals surface area contributed by atoms with Crippen molar-refractivity contribution in [2.24, 2.45) is 0 Å². The Kier molecular flexibility index (Phi) is 4.02. The molecule has 1 saturated heterocycles. The summed E-state index contributed by atoms with van der Waals surface area (Å²) in [6.45, 7) is 5.46. The molecule has 0 radical (unpaired) electrons. The van der Waals surface area contributed by atoms with Gasteiger partial charge in [0.1, 0.15) is 0 Å². The smallest absolute Gasteiger partial charge is 0.0821 e. The second-order valence-corrected chi connectivity index (χ2v) is 7.44. The fourth-order valence-corrected chi connectivity index (χ4v) is 4.50. The number of benzene rings is 2. The molecule has 1 fully saturated rings. The lowest BCUT2D eigenvalue weighted by Gasteiger charge is -2.42. The average Bonchev–Trinajstić information content (AvgIpc) is 3.11. The molecule has 2 aliphatic rings. The van der Waals surface area contributed by atoms with Crippen molar-refractivity contribution in [3.05, 3.63) is 89.7 Å². The van der Waals surface area contributed by atoms with Crippen LogP contribution in [0, 0.1) is 0 Å². The first-order valence-corrected chi connectivity index (χ1v) is 9.64. The Balaban J connectivity index is 1.40. The van der Waals surface area contributed by atoms with Crippen LogP contribution < -0.4 is 4.90 Å². The van der Waals surface area contributed by atoms with E-state index in [1.54, 1.807) is 0 Å². The van der Waals surface area contributed by atoms with E-state index in [2.05, 4.69) is 87.3 Å². The predicted molar refractivity (Wildman–Crippen MR) is 107 cm³/mol. The lowest BCUT2D eigenvalue weighted by molar-refractivity contribution is 0.223. The van der Waals surface area contributed by atoms with Crippen molar-refractivity contribution < 1.29 is 0 Å². The Bertz CT molecular complexity index is 883. The van der Waals surface area contributed by atoms with Gasteiger partial charge in [-0.25, -0.2) is 0 Å². The van der Waals surface area contributed by atoms with E-state index in [-0.39, 0.29) is 0 Å². The van der Waals surface area contributed by atoms with Gasteiger partial charge in [0.15, 0.2) is 0 Å². The Labute approximate surface area is 155 Å². The van der Waals surface area contributed by atoms with Crippen LogP contribution in [-0.4, -0.2) is 35.6 Å². The summed E-state index contributed by atoms with van der Waals surface area (Å²) < 4.78 is 2.43. The lowest BCUT2D eigenvalue weighted by Crippen LogP contribution is -2.49. The zero-order chi connectivity index (χ0) is 17.3. The summed E-state index contributed by atoms with van der Waals surface area (Å²) in [5.41, 5.74) is 5.74. The molecule has 1 unspecified atom stereocenters. The molecule has 3 aromatic rings. The largest absolute Gasteiger partial charge is 0.360 e. The number of fused-ring (bicyclic) bond motifs is 5. The van der Waals surface area contributed by atoms with Crippen LogP contribution in [0.25, 0.3) is 0 Å². The van der Waals surface area contributed by atoms with Crippen molar-refractivity contribution in [3.63, 3.8) is 0 Å². The summed E-state index contributed by atoms with van der Waals surface area (Å²) in [7, 11) is 0. The second kappa shape index (κ2) is 6.65. The molecule has 132 valence electrons. The van der Waals surface area contributed by atoms with Crippen molar-refractivity contribution in [2.75, 3.05) is 31.1 Å². The van der Waals surface area contributed by atoms with E-state index >= 15 is 0 Å². The van der Waals surface area contributed by atoms with Crippen LogP contribution in [0.1, 0.15) is 22.9 Å². The van der Waals surface area contributed by atoms with Crippen LogP contribution in [0.4, 0.5) is 5.69 Å². The third kappa shape index (κ3) is 2.82. The Morgan fingerprint density at radius 3 is 2.62 bits per heavy atom. The standard InChI is InChI=1S/C23H25N3/c1-2-7-19(8-3-1)12-14-24-15-16-26-21-10-5-4-9-20(21)17-25-13-6-11-22(25)23(26)18-24/h1-11,13,23H,12,14-18H2. The number of piperazine rings is 1. The zero-order valence-corrected chi connectivity index (χ0v) is 15.1. The summed E-state index contributed by atoms with van der Waals surface area (Å²) in [4.78, 5) is 5.27. The third-order valence-corrected chi connectivity index (χ3v) is 5.87. The normalized spacial score (nSPS) is 19.4. The molecule has 0 saturated carbocycles. The van der Waals surface area contributed by atoms with Crippen LogP contribution in [0.2, 0.25) is 0 Å². The van der Waals surface area contributed by atoms with E-state index in [0.29, 0.717) is 6.04 Å². The number of hydrogen-bond donors (Lipinski definition) is 0. The maximum atomic E-state index is 2.64. The minimum absolute atomic E-state index is 0.443. The Morgan fingerprint density at radius 2 is 1.69 bits per heavy atom. The summed E-state index contributed by atoms with van der Waals surface area (Å²) in [5.74, 6) is 0. The molecule has 3 heterocycles. The lowest BCUT2D eigenvalue weighted by atomic mass is 10.1. The molecule has 2 aromatic carbocycles. The molecule has 26 heavy (non-hydrogen) atoms. The van der Waals surface area contributed by atoms with Crippen LogP contribution in [-0.2, 0) is 13.0 Å². The first-order chi connectivity index (χ1) is 12.9. The first-order valence-electron chi connectivity index (χ1n) is 9.64. The van der Waals surface area contributed by atoms with Crippen molar-refractivity contribution in [1.82, 2.24) is 9.47 Å². The number of hydrogen-bond acceptors (Lipinski definition) is 2. The number of para-hydroxylation sites is 1. The van der Waals surface area contributed by atoms with Gasteiger partial charge in [-0.3, -0.25) is 4.90 Å². The van der Waals surface area contributed by atoms with Crippen molar-refractivity contribution in [2.45, 2.75) is 19.0 Å². The fraction of sp³-hybridized carbons (Fsp3) is 0.304. The maximum absolute atomic E-state index is 2.64. The Hall–Kier alpha value is -2.52.